The molecule has 0 fully saturated rings. The van der Waals surface area contributed by atoms with Crippen LogP contribution in [0.5, 0.6) is 0 Å². The van der Waals surface area contributed by atoms with E-state index in [0.29, 0.717) is 10.4 Å². The van der Waals surface area contributed by atoms with Gasteiger partial charge in [0.25, 0.3) is 6.43 Å². The Bertz CT molecular complexity index is 453. The van der Waals surface area contributed by atoms with E-state index >= 15 is 0 Å². The van der Waals surface area contributed by atoms with Gasteiger partial charge in [-0.2, -0.15) is 0 Å². The lowest BCUT2D eigenvalue weighted by Crippen LogP contribution is -1.89. The van der Waals surface area contributed by atoms with Gasteiger partial charge in [-0.15, -0.1) is 11.8 Å². The summed E-state index contributed by atoms with van der Waals surface area (Å²) in [5.41, 5.74) is 1.46. The highest BCUT2D eigenvalue weighted by Gasteiger charge is 2.15. The average Bonchev–Trinajstić information content (AvgIpc) is 2.63. The number of alkyl halides is 2. The number of nitrogens with one attached hydrogen (secondary N) is 1. The number of H-pyrrole nitrogens is 1. The monoisotopic (exact) mass is 214 g/mol. The molecule has 1 N–H and O–H groups in total. The van der Waals surface area contributed by atoms with Crippen LogP contribution in [0.25, 0.3) is 11.0 Å². The number of halogens is 2. The highest BCUT2D eigenvalue weighted by Crippen LogP contribution is 2.33. The Hall–Kier alpha value is -1.10. The van der Waals surface area contributed by atoms with Gasteiger partial charge in [0.2, 0.25) is 0 Å². The summed E-state index contributed by atoms with van der Waals surface area (Å²) >= 11 is 1.30. The van der Waals surface area contributed by atoms with E-state index in [9.17, 15) is 8.78 Å². The fraction of sp³-hybridized carbons (Fsp3) is 0.222. The molecule has 2 nitrogen and oxygen atoms in total. The number of rotatable bonds is 2. The fourth-order valence-electron chi connectivity index (χ4n) is 1.38. The van der Waals surface area contributed by atoms with E-state index < -0.39 is 6.43 Å². The lowest BCUT2D eigenvalue weighted by molar-refractivity contribution is 0.148. The summed E-state index contributed by atoms with van der Waals surface area (Å²) in [5.74, 6) is 0. The summed E-state index contributed by atoms with van der Waals surface area (Å²) < 4.78 is 25.2. The molecule has 2 rings (SSSR count). The van der Waals surface area contributed by atoms with E-state index in [1.54, 1.807) is 12.3 Å². The van der Waals surface area contributed by atoms with Crippen LogP contribution in [0.15, 0.2) is 23.4 Å². The maximum atomic E-state index is 12.6. The van der Waals surface area contributed by atoms with Crippen molar-refractivity contribution in [3.8, 4) is 0 Å². The molecular formula is C9H8F2N2S. The van der Waals surface area contributed by atoms with Crippen LogP contribution in [-0.2, 0) is 0 Å². The first-order chi connectivity index (χ1) is 6.74. The van der Waals surface area contributed by atoms with E-state index in [1.807, 2.05) is 0 Å². The van der Waals surface area contributed by atoms with Gasteiger partial charge in [-0.3, -0.25) is 0 Å². The summed E-state index contributed by atoms with van der Waals surface area (Å²) in [6, 6.07) is 3.07. The molecule has 1 aromatic carbocycles. The quantitative estimate of drug-likeness (QED) is 0.777. The van der Waals surface area contributed by atoms with Crippen LogP contribution in [0.1, 0.15) is 12.0 Å². The maximum Gasteiger partial charge on any atom is 0.265 e. The molecule has 0 amide bonds. The molecule has 1 aromatic heterocycles. The molecule has 0 aliphatic rings. The van der Waals surface area contributed by atoms with Gasteiger partial charge in [0, 0.05) is 10.5 Å². The molecule has 0 aliphatic heterocycles. The van der Waals surface area contributed by atoms with Crippen molar-refractivity contribution in [2.24, 2.45) is 0 Å². The molecule has 0 saturated carbocycles. The van der Waals surface area contributed by atoms with Crippen molar-refractivity contribution in [3.05, 3.63) is 24.0 Å². The molecule has 0 bridgehead atoms. The SMILES string of the molecule is CSc1c(C(F)F)ccc2[nH]cnc12. The number of fused-ring (bicyclic) bond motifs is 1. The van der Waals surface area contributed by atoms with Gasteiger partial charge in [-0.25, -0.2) is 13.8 Å². The number of imidazole rings is 1. The van der Waals surface area contributed by atoms with Gasteiger partial charge in [0.15, 0.2) is 0 Å². The van der Waals surface area contributed by atoms with Crippen LogP contribution in [0.3, 0.4) is 0 Å². The third-order valence-corrected chi connectivity index (χ3v) is 2.85. The maximum absolute atomic E-state index is 12.6. The van der Waals surface area contributed by atoms with Crippen LogP contribution in [-0.4, -0.2) is 16.2 Å². The zero-order valence-corrected chi connectivity index (χ0v) is 8.24. The Morgan fingerprint density at radius 1 is 1.43 bits per heavy atom. The summed E-state index contributed by atoms with van der Waals surface area (Å²) in [6.45, 7) is 0. The minimum Gasteiger partial charge on any atom is -0.345 e. The first-order valence-electron chi connectivity index (χ1n) is 4.02. The van der Waals surface area contributed by atoms with Crippen molar-refractivity contribution in [2.45, 2.75) is 11.3 Å². The minimum absolute atomic E-state index is 0.0529. The third kappa shape index (κ3) is 1.37. The molecule has 74 valence electrons. The molecule has 0 spiro atoms. The van der Waals surface area contributed by atoms with Gasteiger partial charge in [-0.05, 0) is 18.4 Å². The van der Waals surface area contributed by atoms with Crippen molar-refractivity contribution in [1.82, 2.24) is 9.97 Å². The predicted molar refractivity (Wildman–Crippen MR) is 52.8 cm³/mol. The number of hydrogen-bond acceptors (Lipinski definition) is 2. The number of benzene rings is 1. The van der Waals surface area contributed by atoms with Crippen molar-refractivity contribution in [2.75, 3.05) is 6.26 Å². The molecule has 0 atom stereocenters. The van der Waals surface area contributed by atoms with Gasteiger partial charge >= 0.3 is 0 Å². The predicted octanol–water partition coefficient (Wildman–Crippen LogP) is 3.22. The van der Waals surface area contributed by atoms with Gasteiger partial charge < -0.3 is 4.98 Å². The Morgan fingerprint density at radius 2 is 2.21 bits per heavy atom. The molecule has 0 radical (unpaired) electrons. The summed E-state index contributed by atoms with van der Waals surface area (Å²) in [4.78, 5) is 7.47. The zero-order chi connectivity index (χ0) is 10.1. The van der Waals surface area contributed by atoms with E-state index in [4.69, 9.17) is 0 Å². The number of hydrogen-bond donors (Lipinski definition) is 1. The van der Waals surface area contributed by atoms with Gasteiger partial charge in [0.1, 0.15) is 5.52 Å². The molecule has 1 heterocycles. The molecule has 0 unspecified atom stereocenters. The Labute approximate surface area is 83.7 Å². The summed E-state index contributed by atoms with van der Waals surface area (Å²) in [5, 5.41) is 0. The lowest BCUT2D eigenvalue weighted by atomic mass is 10.2. The van der Waals surface area contributed by atoms with Crippen LogP contribution >= 0.6 is 11.8 Å². The Morgan fingerprint density at radius 3 is 2.86 bits per heavy atom. The van der Waals surface area contributed by atoms with Crippen molar-refractivity contribution in [3.63, 3.8) is 0 Å². The van der Waals surface area contributed by atoms with E-state index in [-0.39, 0.29) is 5.56 Å². The van der Waals surface area contributed by atoms with E-state index in [2.05, 4.69) is 9.97 Å². The van der Waals surface area contributed by atoms with Crippen molar-refractivity contribution >= 4 is 22.8 Å². The van der Waals surface area contributed by atoms with E-state index in [1.165, 1.54) is 24.2 Å². The molecule has 5 heteroatoms. The molecule has 14 heavy (non-hydrogen) atoms. The van der Waals surface area contributed by atoms with Crippen molar-refractivity contribution < 1.29 is 8.78 Å². The number of nitrogens with zero attached hydrogens (tertiary/aromatic N) is 1. The minimum atomic E-state index is -2.45. The number of aromatic amines is 1. The highest BCUT2D eigenvalue weighted by atomic mass is 32.2. The normalized spacial score (nSPS) is 11.4. The first kappa shape index (κ1) is 9.45. The van der Waals surface area contributed by atoms with Crippen LogP contribution in [0, 0.1) is 0 Å². The van der Waals surface area contributed by atoms with Gasteiger partial charge in [-0.1, -0.05) is 0 Å². The number of thioether (sulfide) groups is 1. The Kier molecular flexibility index (Phi) is 2.41. The first-order valence-corrected chi connectivity index (χ1v) is 5.24. The lowest BCUT2D eigenvalue weighted by Gasteiger charge is -2.06. The molecular weight excluding hydrogens is 206 g/mol. The second-order valence-electron chi connectivity index (χ2n) is 2.79. The third-order valence-electron chi connectivity index (χ3n) is 2.01. The molecule has 2 aromatic rings. The molecule has 0 aliphatic carbocycles. The average molecular weight is 214 g/mol. The van der Waals surface area contributed by atoms with Crippen LogP contribution in [0.4, 0.5) is 8.78 Å². The second kappa shape index (κ2) is 3.57. The largest absolute Gasteiger partial charge is 0.345 e. The van der Waals surface area contributed by atoms with Gasteiger partial charge in [0.05, 0.1) is 11.8 Å². The zero-order valence-electron chi connectivity index (χ0n) is 7.42. The van der Waals surface area contributed by atoms with Crippen molar-refractivity contribution in [1.29, 1.82) is 0 Å². The fourth-order valence-corrected chi connectivity index (χ4v) is 2.13. The smallest absolute Gasteiger partial charge is 0.265 e. The topological polar surface area (TPSA) is 28.7 Å². The van der Waals surface area contributed by atoms with Crippen LogP contribution < -0.4 is 0 Å². The molecule has 0 saturated heterocycles. The highest BCUT2D eigenvalue weighted by molar-refractivity contribution is 7.98. The second-order valence-corrected chi connectivity index (χ2v) is 3.60. The summed E-state index contributed by atoms with van der Waals surface area (Å²) in [6.07, 6.45) is 0.841. The Balaban J connectivity index is 2.72. The standard InChI is InChI=1S/C9H8F2N2S/c1-14-8-5(9(10)11)2-3-6-7(8)13-4-12-6/h2-4,9H,1H3,(H,12,13). The number of aromatic nitrogens is 2. The summed E-state index contributed by atoms with van der Waals surface area (Å²) in [7, 11) is 0. The van der Waals surface area contributed by atoms with Crippen LogP contribution in [0.2, 0.25) is 0 Å². The van der Waals surface area contributed by atoms with E-state index in [0.717, 1.165) is 5.52 Å².